The molecule has 0 radical (unpaired) electrons. The average molecular weight is 382 g/mol. The Morgan fingerprint density at radius 1 is 1.19 bits per heavy atom. The molecule has 0 bridgehead atoms. The Morgan fingerprint density at radius 2 is 2.00 bits per heavy atom. The van der Waals surface area contributed by atoms with Gasteiger partial charge < -0.3 is 14.5 Å². The van der Waals surface area contributed by atoms with Crippen LogP contribution < -0.4 is 9.64 Å². The van der Waals surface area contributed by atoms with Crippen LogP contribution in [0.25, 0.3) is 10.6 Å². The lowest BCUT2D eigenvalue weighted by Gasteiger charge is -2.36. The molecule has 3 heterocycles. The van der Waals surface area contributed by atoms with Gasteiger partial charge in [-0.15, -0.1) is 11.3 Å². The first-order valence-electron chi connectivity index (χ1n) is 9.11. The van der Waals surface area contributed by atoms with Crippen LogP contribution in [0.4, 0.5) is 5.69 Å². The Kier molecular flexibility index (Phi) is 5.11. The Balaban J connectivity index is 1.41. The van der Waals surface area contributed by atoms with Crippen molar-refractivity contribution < 1.29 is 9.53 Å². The molecule has 1 aromatic carbocycles. The maximum atomic E-state index is 12.8. The number of rotatable bonds is 5. The third kappa shape index (κ3) is 3.68. The fourth-order valence-electron chi connectivity index (χ4n) is 3.30. The van der Waals surface area contributed by atoms with Gasteiger partial charge in [0, 0.05) is 26.2 Å². The van der Waals surface area contributed by atoms with Gasteiger partial charge in [0.25, 0.3) is 5.91 Å². The first kappa shape index (κ1) is 17.6. The maximum absolute atomic E-state index is 12.8. The van der Waals surface area contributed by atoms with Crippen molar-refractivity contribution in [2.75, 3.05) is 37.7 Å². The number of hydrogen-bond acceptors (Lipinski definition) is 5. The highest BCUT2D eigenvalue weighted by atomic mass is 32.1. The molecule has 3 aromatic rings. The molecule has 7 heteroatoms. The number of aromatic nitrogens is 2. The van der Waals surface area contributed by atoms with Crippen LogP contribution in [-0.4, -0.2) is 53.8 Å². The molecule has 2 aromatic heterocycles. The van der Waals surface area contributed by atoms with Crippen molar-refractivity contribution in [1.82, 2.24) is 15.1 Å². The van der Waals surface area contributed by atoms with Crippen molar-refractivity contribution in [3.05, 3.63) is 53.5 Å². The first-order valence-corrected chi connectivity index (χ1v) is 9.99. The molecule has 0 spiro atoms. The molecule has 0 unspecified atom stereocenters. The van der Waals surface area contributed by atoms with Crippen molar-refractivity contribution in [3.8, 4) is 16.3 Å². The number of para-hydroxylation sites is 2. The maximum Gasteiger partial charge on any atom is 0.274 e. The van der Waals surface area contributed by atoms with E-state index < -0.39 is 0 Å². The van der Waals surface area contributed by atoms with Crippen molar-refractivity contribution >= 4 is 22.9 Å². The minimum absolute atomic E-state index is 0.0215. The highest BCUT2D eigenvalue weighted by molar-refractivity contribution is 7.13. The molecule has 6 nitrogen and oxygen atoms in total. The number of carbonyl (C=O) groups excluding carboxylic acids is 1. The Labute approximate surface area is 162 Å². The van der Waals surface area contributed by atoms with Gasteiger partial charge in [0.05, 0.1) is 22.9 Å². The van der Waals surface area contributed by atoms with E-state index in [1.807, 2.05) is 53.6 Å². The van der Waals surface area contributed by atoms with Crippen molar-refractivity contribution in [2.45, 2.75) is 6.92 Å². The Bertz CT molecular complexity index is 898. The highest BCUT2D eigenvalue weighted by Gasteiger charge is 2.25. The highest BCUT2D eigenvalue weighted by Crippen LogP contribution is 2.29. The molecule has 0 saturated carbocycles. The number of benzene rings is 1. The molecule has 1 amide bonds. The van der Waals surface area contributed by atoms with E-state index in [-0.39, 0.29) is 5.91 Å². The summed E-state index contributed by atoms with van der Waals surface area (Å²) in [6.07, 6.45) is 0. The normalized spacial score (nSPS) is 14.4. The van der Waals surface area contributed by atoms with Gasteiger partial charge in [-0.1, -0.05) is 18.2 Å². The number of nitrogens with zero attached hydrogens (tertiary/aromatic N) is 3. The third-order valence-corrected chi connectivity index (χ3v) is 5.56. The Hall–Kier alpha value is -2.80. The summed E-state index contributed by atoms with van der Waals surface area (Å²) in [7, 11) is 0. The summed E-state index contributed by atoms with van der Waals surface area (Å²) in [5.41, 5.74) is 2.45. The van der Waals surface area contributed by atoms with Gasteiger partial charge in [0.1, 0.15) is 5.75 Å². The minimum Gasteiger partial charge on any atom is -0.492 e. The standard InChI is InChI=1S/C20H22N4O2S/c1-2-26-18-7-4-3-6-17(18)23-9-11-24(12-10-23)20(25)16-14-15(21-22-16)19-8-5-13-27-19/h3-8,13-14H,2,9-12H2,1H3,(H,21,22). The van der Waals surface area contributed by atoms with Crippen LogP contribution in [0.2, 0.25) is 0 Å². The fourth-order valence-corrected chi connectivity index (χ4v) is 3.99. The Morgan fingerprint density at radius 3 is 2.74 bits per heavy atom. The van der Waals surface area contributed by atoms with Crippen LogP contribution in [-0.2, 0) is 0 Å². The third-order valence-electron chi connectivity index (χ3n) is 4.66. The quantitative estimate of drug-likeness (QED) is 0.734. The number of amides is 1. The zero-order chi connectivity index (χ0) is 18.6. The number of H-pyrrole nitrogens is 1. The van der Waals surface area contributed by atoms with Gasteiger partial charge in [0.2, 0.25) is 0 Å². The SMILES string of the molecule is CCOc1ccccc1N1CCN(C(=O)c2cc(-c3cccs3)[nH]n2)CC1. The molecule has 1 aliphatic rings. The number of ether oxygens (including phenoxy) is 1. The minimum atomic E-state index is -0.0215. The number of piperazine rings is 1. The van der Waals surface area contributed by atoms with E-state index in [0.29, 0.717) is 25.4 Å². The van der Waals surface area contributed by atoms with Gasteiger partial charge in [0.15, 0.2) is 5.69 Å². The van der Waals surface area contributed by atoms with Gasteiger partial charge in [-0.25, -0.2) is 0 Å². The number of hydrogen-bond donors (Lipinski definition) is 1. The molecular weight excluding hydrogens is 360 g/mol. The molecule has 140 valence electrons. The summed E-state index contributed by atoms with van der Waals surface area (Å²) < 4.78 is 5.74. The summed E-state index contributed by atoms with van der Waals surface area (Å²) in [4.78, 5) is 18.0. The molecule has 27 heavy (non-hydrogen) atoms. The van der Waals surface area contributed by atoms with Crippen LogP contribution in [0.1, 0.15) is 17.4 Å². The molecule has 4 rings (SSSR count). The second kappa shape index (κ2) is 7.84. The fraction of sp³-hybridized carbons (Fsp3) is 0.300. The number of thiophene rings is 1. The molecule has 1 N–H and O–H groups in total. The zero-order valence-corrected chi connectivity index (χ0v) is 16.0. The predicted octanol–water partition coefficient (Wildman–Crippen LogP) is 3.50. The van der Waals surface area contributed by atoms with Crippen molar-refractivity contribution in [1.29, 1.82) is 0 Å². The largest absolute Gasteiger partial charge is 0.492 e. The smallest absolute Gasteiger partial charge is 0.274 e. The lowest BCUT2D eigenvalue weighted by Crippen LogP contribution is -2.49. The lowest BCUT2D eigenvalue weighted by atomic mass is 10.2. The molecule has 0 atom stereocenters. The van der Waals surface area contributed by atoms with Gasteiger partial charge >= 0.3 is 0 Å². The number of carbonyl (C=O) groups is 1. The van der Waals surface area contributed by atoms with Gasteiger partial charge in [-0.2, -0.15) is 5.10 Å². The van der Waals surface area contributed by atoms with E-state index >= 15 is 0 Å². The number of anilines is 1. The van der Waals surface area contributed by atoms with Crippen LogP contribution in [0.15, 0.2) is 47.8 Å². The van der Waals surface area contributed by atoms with Crippen LogP contribution in [0.3, 0.4) is 0 Å². The van der Waals surface area contributed by atoms with E-state index in [9.17, 15) is 4.79 Å². The van der Waals surface area contributed by atoms with Crippen LogP contribution in [0, 0.1) is 0 Å². The molecular formula is C20H22N4O2S. The van der Waals surface area contributed by atoms with Crippen molar-refractivity contribution in [3.63, 3.8) is 0 Å². The van der Waals surface area contributed by atoms with Crippen LogP contribution in [0.5, 0.6) is 5.75 Å². The summed E-state index contributed by atoms with van der Waals surface area (Å²) in [5, 5.41) is 9.20. The summed E-state index contributed by atoms with van der Waals surface area (Å²) in [5.74, 6) is 0.875. The van der Waals surface area contributed by atoms with E-state index in [1.54, 1.807) is 11.3 Å². The lowest BCUT2D eigenvalue weighted by molar-refractivity contribution is 0.0740. The molecule has 1 aliphatic heterocycles. The van der Waals surface area contributed by atoms with Crippen molar-refractivity contribution in [2.24, 2.45) is 0 Å². The number of aromatic amines is 1. The molecule has 1 fully saturated rings. The van der Waals surface area contributed by atoms with Crippen LogP contribution >= 0.6 is 11.3 Å². The average Bonchev–Trinajstić information content (AvgIpc) is 3.40. The topological polar surface area (TPSA) is 61.5 Å². The summed E-state index contributed by atoms with van der Waals surface area (Å²) >= 11 is 1.63. The predicted molar refractivity (Wildman–Crippen MR) is 108 cm³/mol. The summed E-state index contributed by atoms with van der Waals surface area (Å²) in [6.45, 7) is 5.51. The van der Waals surface area contributed by atoms with E-state index in [4.69, 9.17) is 4.74 Å². The van der Waals surface area contributed by atoms with E-state index in [1.165, 1.54) is 0 Å². The first-order chi connectivity index (χ1) is 13.3. The number of nitrogens with one attached hydrogen (secondary N) is 1. The molecule has 1 saturated heterocycles. The van der Waals surface area contributed by atoms with E-state index in [0.717, 1.165) is 35.1 Å². The zero-order valence-electron chi connectivity index (χ0n) is 15.2. The van der Waals surface area contributed by atoms with Gasteiger partial charge in [-0.05, 0) is 36.6 Å². The monoisotopic (exact) mass is 382 g/mol. The van der Waals surface area contributed by atoms with Gasteiger partial charge in [-0.3, -0.25) is 9.89 Å². The molecule has 0 aliphatic carbocycles. The second-order valence-electron chi connectivity index (χ2n) is 6.32. The second-order valence-corrected chi connectivity index (χ2v) is 7.27. The summed E-state index contributed by atoms with van der Waals surface area (Å²) in [6, 6.07) is 13.9. The van der Waals surface area contributed by atoms with E-state index in [2.05, 4.69) is 21.2 Å².